The maximum absolute atomic E-state index is 11.8. The van der Waals surface area contributed by atoms with Crippen LogP contribution in [-0.2, 0) is 9.53 Å². The zero-order chi connectivity index (χ0) is 12.7. The summed E-state index contributed by atoms with van der Waals surface area (Å²) in [6.07, 6.45) is 3.78. The van der Waals surface area contributed by atoms with Gasteiger partial charge >= 0.3 is 0 Å². The van der Waals surface area contributed by atoms with Crippen LogP contribution < -0.4 is 0 Å². The van der Waals surface area contributed by atoms with Crippen molar-refractivity contribution in [2.75, 3.05) is 38.8 Å². The molecular weight excluding hydrogens is 238 g/mol. The number of aliphatic hydroxyl groups is 1. The van der Waals surface area contributed by atoms with E-state index in [0.717, 1.165) is 31.4 Å². The van der Waals surface area contributed by atoms with Gasteiger partial charge in [-0.25, -0.2) is 0 Å². The van der Waals surface area contributed by atoms with Gasteiger partial charge in [-0.15, -0.1) is 11.8 Å². The Morgan fingerprint density at radius 1 is 1.47 bits per heavy atom. The van der Waals surface area contributed by atoms with Crippen molar-refractivity contribution < 1.29 is 14.6 Å². The number of rotatable bonds is 7. The number of likely N-dealkylation sites (N-methyl/N-ethyl adjacent to an activating group) is 1. The first-order chi connectivity index (χ1) is 8.07. The van der Waals surface area contributed by atoms with Crippen LogP contribution in [0.3, 0.4) is 0 Å². The standard InChI is InChI=1S/C12H23NO3S/c1-13(10-12(15)5-3-4-6-12)11(14)9-17-8-7-16-2/h15H,3-10H2,1-2H3. The number of hydrogen-bond acceptors (Lipinski definition) is 4. The van der Waals surface area contributed by atoms with E-state index in [1.54, 1.807) is 30.8 Å². The first-order valence-electron chi connectivity index (χ1n) is 6.10. The topological polar surface area (TPSA) is 49.8 Å². The van der Waals surface area contributed by atoms with Gasteiger partial charge in [-0.3, -0.25) is 4.79 Å². The molecule has 1 saturated carbocycles. The van der Waals surface area contributed by atoms with Crippen LogP contribution in [0.15, 0.2) is 0 Å². The van der Waals surface area contributed by atoms with E-state index in [-0.39, 0.29) is 5.91 Å². The van der Waals surface area contributed by atoms with E-state index in [1.165, 1.54) is 0 Å². The summed E-state index contributed by atoms with van der Waals surface area (Å²) >= 11 is 1.57. The second kappa shape index (κ2) is 7.24. The smallest absolute Gasteiger partial charge is 0.232 e. The Balaban J connectivity index is 2.22. The fourth-order valence-corrected chi connectivity index (χ4v) is 2.96. The summed E-state index contributed by atoms with van der Waals surface area (Å²) in [5, 5.41) is 10.2. The molecule has 0 unspecified atom stereocenters. The third-order valence-electron chi connectivity index (χ3n) is 3.15. The Kier molecular flexibility index (Phi) is 6.30. The van der Waals surface area contributed by atoms with Crippen molar-refractivity contribution in [3.63, 3.8) is 0 Å². The normalized spacial score (nSPS) is 18.3. The lowest BCUT2D eigenvalue weighted by molar-refractivity contribution is -0.130. The van der Waals surface area contributed by atoms with Crippen molar-refractivity contribution in [3.8, 4) is 0 Å². The molecule has 1 aliphatic carbocycles. The molecule has 17 heavy (non-hydrogen) atoms. The summed E-state index contributed by atoms with van der Waals surface area (Å²) in [5.74, 6) is 1.39. The number of nitrogens with zero attached hydrogens (tertiary/aromatic N) is 1. The first kappa shape index (κ1) is 14.8. The minimum absolute atomic E-state index is 0.0893. The van der Waals surface area contributed by atoms with Gasteiger partial charge in [-0.05, 0) is 12.8 Å². The Hall–Kier alpha value is -0.260. The number of hydrogen-bond donors (Lipinski definition) is 1. The molecule has 0 aliphatic heterocycles. The molecule has 0 radical (unpaired) electrons. The van der Waals surface area contributed by atoms with Crippen LogP contribution in [0.5, 0.6) is 0 Å². The molecule has 1 fully saturated rings. The molecule has 0 aromatic carbocycles. The van der Waals surface area contributed by atoms with Gasteiger partial charge in [0.05, 0.1) is 18.0 Å². The van der Waals surface area contributed by atoms with Crippen LogP contribution in [0.25, 0.3) is 0 Å². The monoisotopic (exact) mass is 261 g/mol. The van der Waals surface area contributed by atoms with Gasteiger partial charge < -0.3 is 14.7 Å². The zero-order valence-electron chi connectivity index (χ0n) is 10.8. The average Bonchev–Trinajstić information content (AvgIpc) is 2.70. The number of ether oxygens (including phenoxy) is 1. The molecule has 0 bridgehead atoms. The number of methoxy groups -OCH3 is 1. The fourth-order valence-electron chi connectivity index (χ4n) is 2.13. The lowest BCUT2D eigenvalue weighted by Crippen LogP contribution is -2.42. The third-order valence-corrected chi connectivity index (χ3v) is 4.06. The first-order valence-corrected chi connectivity index (χ1v) is 7.26. The van der Waals surface area contributed by atoms with Crippen LogP contribution in [0.2, 0.25) is 0 Å². The van der Waals surface area contributed by atoms with Crippen molar-refractivity contribution in [1.29, 1.82) is 0 Å². The molecule has 0 aromatic rings. The predicted molar refractivity (Wildman–Crippen MR) is 70.3 cm³/mol. The average molecular weight is 261 g/mol. The van der Waals surface area contributed by atoms with Crippen LogP contribution >= 0.6 is 11.8 Å². The number of amides is 1. The van der Waals surface area contributed by atoms with Crippen molar-refractivity contribution in [3.05, 3.63) is 0 Å². The highest BCUT2D eigenvalue weighted by Gasteiger charge is 2.33. The Morgan fingerprint density at radius 3 is 2.71 bits per heavy atom. The summed E-state index contributed by atoms with van der Waals surface area (Å²) in [7, 11) is 3.43. The van der Waals surface area contributed by atoms with Gasteiger partial charge in [0.1, 0.15) is 0 Å². The zero-order valence-corrected chi connectivity index (χ0v) is 11.6. The highest BCUT2D eigenvalue weighted by Crippen LogP contribution is 2.29. The Labute approximate surface area is 108 Å². The summed E-state index contributed by atoms with van der Waals surface area (Å²) < 4.78 is 4.92. The van der Waals surface area contributed by atoms with Gasteiger partial charge in [-0.2, -0.15) is 0 Å². The molecule has 1 N–H and O–H groups in total. The van der Waals surface area contributed by atoms with Gasteiger partial charge in [0.2, 0.25) is 5.91 Å². The van der Waals surface area contributed by atoms with Gasteiger partial charge in [-0.1, -0.05) is 12.8 Å². The highest BCUT2D eigenvalue weighted by molar-refractivity contribution is 7.99. The van der Waals surface area contributed by atoms with E-state index in [0.29, 0.717) is 18.9 Å². The quantitative estimate of drug-likeness (QED) is 0.698. The molecule has 100 valence electrons. The van der Waals surface area contributed by atoms with E-state index in [1.807, 2.05) is 0 Å². The highest BCUT2D eigenvalue weighted by atomic mass is 32.2. The van der Waals surface area contributed by atoms with Gasteiger partial charge in [0.15, 0.2) is 0 Å². The van der Waals surface area contributed by atoms with Gasteiger partial charge in [0, 0.05) is 26.5 Å². The van der Waals surface area contributed by atoms with Crippen LogP contribution in [0.4, 0.5) is 0 Å². The molecule has 0 atom stereocenters. The van der Waals surface area contributed by atoms with Gasteiger partial charge in [0.25, 0.3) is 0 Å². The molecule has 1 amide bonds. The maximum atomic E-state index is 11.8. The molecule has 4 nitrogen and oxygen atoms in total. The SMILES string of the molecule is COCCSCC(=O)N(C)CC1(O)CCCC1. The van der Waals surface area contributed by atoms with Crippen molar-refractivity contribution in [2.45, 2.75) is 31.3 Å². The third kappa shape index (κ3) is 5.27. The van der Waals surface area contributed by atoms with E-state index in [9.17, 15) is 9.90 Å². The largest absolute Gasteiger partial charge is 0.388 e. The number of carbonyl (C=O) groups is 1. The lowest BCUT2D eigenvalue weighted by atomic mass is 10.0. The molecule has 0 saturated heterocycles. The number of thioether (sulfide) groups is 1. The molecular formula is C12H23NO3S. The van der Waals surface area contributed by atoms with Crippen LogP contribution in [-0.4, -0.2) is 60.3 Å². The van der Waals surface area contributed by atoms with E-state index in [4.69, 9.17) is 4.74 Å². The summed E-state index contributed by atoms with van der Waals surface area (Å²) in [6.45, 7) is 1.14. The second-order valence-electron chi connectivity index (χ2n) is 4.73. The minimum atomic E-state index is -0.637. The molecule has 1 rings (SSSR count). The second-order valence-corrected chi connectivity index (χ2v) is 5.83. The molecule has 0 heterocycles. The van der Waals surface area contributed by atoms with E-state index in [2.05, 4.69) is 0 Å². The predicted octanol–water partition coefficient (Wildman–Crippen LogP) is 1.13. The van der Waals surface area contributed by atoms with Crippen molar-refractivity contribution >= 4 is 17.7 Å². The maximum Gasteiger partial charge on any atom is 0.232 e. The Morgan fingerprint density at radius 2 is 2.12 bits per heavy atom. The minimum Gasteiger partial charge on any atom is -0.388 e. The molecule has 5 heteroatoms. The van der Waals surface area contributed by atoms with Crippen molar-refractivity contribution in [2.24, 2.45) is 0 Å². The lowest BCUT2D eigenvalue weighted by Gasteiger charge is -2.28. The Bertz CT molecular complexity index is 242. The molecule has 0 spiro atoms. The van der Waals surface area contributed by atoms with E-state index < -0.39 is 5.60 Å². The summed E-state index contributed by atoms with van der Waals surface area (Å²) in [4.78, 5) is 13.4. The van der Waals surface area contributed by atoms with E-state index >= 15 is 0 Å². The number of carbonyl (C=O) groups excluding carboxylic acids is 1. The molecule has 1 aliphatic rings. The summed E-state index contributed by atoms with van der Waals surface area (Å²) in [5.41, 5.74) is -0.637. The fraction of sp³-hybridized carbons (Fsp3) is 0.917. The van der Waals surface area contributed by atoms with Crippen LogP contribution in [0.1, 0.15) is 25.7 Å². The van der Waals surface area contributed by atoms with Crippen molar-refractivity contribution in [1.82, 2.24) is 4.90 Å². The molecule has 0 aromatic heterocycles. The van der Waals surface area contributed by atoms with Crippen LogP contribution in [0, 0.1) is 0 Å². The summed E-state index contributed by atoms with van der Waals surface area (Å²) in [6, 6.07) is 0.